The van der Waals surface area contributed by atoms with E-state index in [9.17, 15) is 14.0 Å². The number of rotatable bonds is 6. The molecule has 4 aromatic heterocycles. The number of imidazole rings is 2. The zero-order valence-corrected chi connectivity index (χ0v) is 31.8. The number of hydrogen-bond donors (Lipinski definition) is 1. The van der Waals surface area contributed by atoms with Gasteiger partial charge in [-0.3, -0.25) is 9.18 Å². The predicted molar refractivity (Wildman–Crippen MR) is 208 cm³/mol. The lowest BCUT2D eigenvalue weighted by Crippen LogP contribution is -2.12. The molecule has 0 aliphatic heterocycles. The summed E-state index contributed by atoms with van der Waals surface area (Å²) in [6, 6.07) is 27.1. The van der Waals surface area contributed by atoms with Gasteiger partial charge in [0.25, 0.3) is 5.91 Å². The maximum absolute atomic E-state index is 12.3. The van der Waals surface area contributed by atoms with E-state index in [-0.39, 0.29) is 11.4 Å². The van der Waals surface area contributed by atoms with Gasteiger partial charge in [-0.05, 0) is 86.6 Å². The van der Waals surface area contributed by atoms with Gasteiger partial charge in [0.1, 0.15) is 0 Å². The van der Waals surface area contributed by atoms with Crippen molar-refractivity contribution >= 4 is 65.5 Å². The Morgan fingerprint density at radius 3 is 1.57 bits per heavy atom. The molecule has 12 nitrogen and oxygen atoms in total. The fourth-order valence-corrected chi connectivity index (χ4v) is 6.47. The van der Waals surface area contributed by atoms with E-state index in [2.05, 4.69) is 52.0 Å². The number of benzene rings is 4. The molecule has 1 amide bonds. The molecule has 0 unspecified atom stereocenters. The van der Waals surface area contributed by atoms with Gasteiger partial charge in [0.2, 0.25) is 0 Å². The molecule has 4 heterocycles. The number of nitrogens with two attached hydrogens (primary N) is 1. The van der Waals surface area contributed by atoms with Gasteiger partial charge >= 0.3 is 5.97 Å². The minimum absolute atomic E-state index is 0.244. The van der Waals surface area contributed by atoms with Crippen LogP contribution in [0.2, 0.25) is 0 Å². The Bertz CT molecular complexity index is 2630. The number of amides is 1. The summed E-state index contributed by atoms with van der Waals surface area (Å²) in [6.45, 7) is 3.86. The molecule has 0 saturated heterocycles. The smallest absolute Gasteiger partial charge is 0.359 e. The number of nitrogens with zero attached hydrogens (tertiary/aromatic N) is 8. The van der Waals surface area contributed by atoms with E-state index in [1.165, 1.54) is 7.11 Å². The Morgan fingerprint density at radius 2 is 1.17 bits per heavy atom. The molecule has 0 aliphatic rings. The number of carbonyl (C=O) groups excluding carboxylic acids is 2. The Hall–Kier alpha value is -5.93. The summed E-state index contributed by atoms with van der Waals surface area (Å²) in [6.07, 6.45) is 7.33. The number of hydrogen-bond acceptors (Lipinski definition) is 7. The number of alkyl halides is 1. The van der Waals surface area contributed by atoms with E-state index < -0.39 is 19.0 Å². The molecule has 0 bridgehead atoms. The second-order valence-corrected chi connectivity index (χ2v) is 13.4. The topological polar surface area (TPSA) is 141 Å². The van der Waals surface area contributed by atoms with E-state index in [0.717, 1.165) is 59.5 Å². The number of esters is 1. The fraction of sp³-hybridized carbons (Fsp3) is 0.105. The molecule has 268 valence electrons. The number of aromatic nitrogens is 8. The molecule has 0 aliphatic carbocycles. The lowest BCUT2D eigenvalue weighted by Gasteiger charge is -2.05. The quantitative estimate of drug-likeness (QED) is 0.167. The molecule has 0 atom stereocenters. The molecule has 8 rings (SSSR count). The van der Waals surface area contributed by atoms with Crippen molar-refractivity contribution in [3.05, 3.63) is 142 Å². The minimum Gasteiger partial charge on any atom is -0.464 e. The van der Waals surface area contributed by atoms with E-state index in [1.807, 2.05) is 120 Å². The maximum atomic E-state index is 12.3. The molecule has 0 fully saturated rings. The van der Waals surface area contributed by atoms with Crippen LogP contribution in [0.3, 0.4) is 0 Å². The average Bonchev–Trinajstić information content (AvgIpc) is 3.96. The molecular formula is C38H32Br2FN9O3. The van der Waals surface area contributed by atoms with Crippen LogP contribution in [0.5, 0.6) is 0 Å². The number of methoxy groups -OCH3 is 1. The van der Waals surface area contributed by atoms with Crippen molar-refractivity contribution in [2.75, 3.05) is 14.3 Å². The van der Waals surface area contributed by atoms with Gasteiger partial charge in [0, 0.05) is 43.5 Å². The Balaban J connectivity index is 0.000000172. The van der Waals surface area contributed by atoms with Gasteiger partial charge < -0.3 is 19.6 Å². The first-order chi connectivity index (χ1) is 26.0. The third-order valence-corrected chi connectivity index (χ3v) is 9.05. The van der Waals surface area contributed by atoms with E-state index in [4.69, 9.17) is 11.8 Å². The highest BCUT2D eigenvalue weighted by Gasteiger charge is 2.20. The first kappa shape index (κ1) is 35.5. The van der Waals surface area contributed by atoms with Crippen molar-refractivity contribution in [1.29, 1.82) is 0 Å². The number of carbonyl (C=O) groups is 2. The lowest BCUT2D eigenvalue weighted by molar-refractivity contribution is 0.0595. The van der Waals surface area contributed by atoms with E-state index >= 15 is 0 Å². The summed E-state index contributed by atoms with van der Waals surface area (Å²) < 4.78 is 29.6. The van der Waals surface area contributed by atoms with Crippen LogP contribution in [0, 0.1) is 13.8 Å². The van der Waals surface area contributed by atoms with Crippen molar-refractivity contribution < 1.29 is 20.1 Å². The average molecular weight is 843 g/mol. The molecule has 53 heavy (non-hydrogen) atoms. The first-order valence-electron chi connectivity index (χ1n) is 16.5. The summed E-state index contributed by atoms with van der Waals surface area (Å²) in [5.74, 6) is -1.03. The predicted octanol–water partition coefficient (Wildman–Crippen LogP) is 8.04. The monoisotopic (exact) mass is 840 g/mol. The maximum Gasteiger partial charge on any atom is 0.359 e. The number of primary amides is 1. The highest BCUT2D eigenvalue weighted by Crippen LogP contribution is 2.28. The minimum atomic E-state index is -1.00. The van der Waals surface area contributed by atoms with Gasteiger partial charge in [-0.15, -0.1) is 0 Å². The van der Waals surface area contributed by atoms with Crippen LogP contribution in [0.4, 0.5) is 4.39 Å². The summed E-state index contributed by atoms with van der Waals surface area (Å²) >= 11 is 6.94. The lowest BCUT2D eigenvalue weighted by atomic mass is 10.1. The molecule has 8 aromatic rings. The molecule has 0 spiro atoms. The molecule has 2 N–H and O–H groups in total. The van der Waals surface area contributed by atoms with E-state index in [0.29, 0.717) is 5.39 Å². The first-order valence-corrected chi connectivity index (χ1v) is 17.4. The van der Waals surface area contributed by atoms with Crippen LogP contribution in [0.15, 0.2) is 119 Å². The Morgan fingerprint density at radius 1 is 0.717 bits per heavy atom. The molecular weight excluding hydrogens is 809 g/mol. The summed E-state index contributed by atoms with van der Waals surface area (Å²) in [4.78, 5) is 32.7. The SMILES string of the molecule is COC(=O)c1nn(-c2cccc(Br)c2)c2ccc(-n3cnc(C)c3)cc12.Cc1cn(-c2ccc3c(c2)c(C(N)=O)nn3-c2cccc(Br)c2)cn1.[2H]CF. The van der Waals surface area contributed by atoms with Gasteiger partial charge in [-0.1, -0.05) is 44.0 Å². The standard InChI is InChI=1S/C19H15BrN4O2.C18H14BrN5O.CH3F/c1-12-10-23(11-21-12)14-6-7-17-16(9-14)18(19(25)26-2)22-24(17)15-5-3-4-13(20)8-15;1-11-9-23(10-21-11)13-5-6-16-15(8-13)17(18(20)25)22-24(16)14-4-2-3-12(19)7-14;1-2/h3-11H,1-2H3;2-10H,1H3,(H2,20,25);1H3/i;;1D. The molecule has 15 heteroatoms. The molecule has 0 radical (unpaired) electrons. The van der Waals surface area contributed by atoms with Gasteiger partial charge in [-0.25, -0.2) is 24.1 Å². The van der Waals surface area contributed by atoms with Gasteiger partial charge in [0.15, 0.2) is 11.4 Å². The summed E-state index contributed by atoms with van der Waals surface area (Å²) in [5, 5.41) is 10.4. The zero-order chi connectivity index (χ0) is 38.5. The second kappa shape index (κ2) is 15.8. The third-order valence-electron chi connectivity index (χ3n) is 8.06. The zero-order valence-electron chi connectivity index (χ0n) is 29.6. The Labute approximate surface area is 321 Å². The molecule has 4 aromatic carbocycles. The number of aryl methyl sites for hydroxylation is 2. The summed E-state index contributed by atoms with van der Waals surface area (Å²) in [5.41, 5.74) is 13.0. The van der Waals surface area contributed by atoms with Crippen LogP contribution >= 0.6 is 31.9 Å². The van der Waals surface area contributed by atoms with Crippen molar-refractivity contribution in [3.8, 4) is 22.7 Å². The van der Waals surface area contributed by atoms with Crippen LogP contribution in [-0.4, -0.2) is 64.8 Å². The summed E-state index contributed by atoms with van der Waals surface area (Å²) in [7, 11) is 0.357. The van der Waals surface area contributed by atoms with Crippen molar-refractivity contribution in [2.45, 2.75) is 13.8 Å². The highest BCUT2D eigenvalue weighted by molar-refractivity contribution is 9.10. The number of ether oxygens (including phenoxy) is 1. The van der Waals surface area contributed by atoms with Crippen molar-refractivity contribution in [3.63, 3.8) is 0 Å². The molecule has 0 saturated carbocycles. The largest absolute Gasteiger partial charge is 0.464 e. The normalized spacial score (nSPS) is 11.0. The Kier molecular flexibility index (Phi) is 10.5. The third kappa shape index (κ3) is 7.66. The van der Waals surface area contributed by atoms with Crippen LogP contribution in [0.1, 0.15) is 33.7 Å². The van der Waals surface area contributed by atoms with Crippen molar-refractivity contribution in [1.82, 2.24) is 38.7 Å². The van der Waals surface area contributed by atoms with Crippen LogP contribution in [-0.2, 0) is 4.74 Å². The fourth-order valence-electron chi connectivity index (χ4n) is 5.70. The van der Waals surface area contributed by atoms with Crippen molar-refractivity contribution in [2.24, 2.45) is 5.73 Å². The van der Waals surface area contributed by atoms with Gasteiger partial charge in [-0.2, -0.15) is 10.2 Å². The van der Waals surface area contributed by atoms with Crippen LogP contribution in [0.25, 0.3) is 44.6 Å². The highest BCUT2D eigenvalue weighted by atomic mass is 79.9. The van der Waals surface area contributed by atoms with Gasteiger partial charge in [0.05, 0.1) is 62.1 Å². The van der Waals surface area contributed by atoms with Crippen LogP contribution < -0.4 is 5.73 Å². The number of fused-ring (bicyclic) bond motifs is 2. The number of halogens is 3. The second-order valence-electron chi connectivity index (χ2n) is 11.6. The van der Waals surface area contributed by atoms with E-state index in [1.54, 1.807) is 22.0 Å².